The number of esters is 1. The third kappa shape index (κ3) is 4.62. The number of nitrogens with zero attached hydrogens (tertiary/aromatic N) is 2. The summed E-state index contributed by atoms with van der Waals surface area (Å²) >= 11 is 1.23. The Kier molecular flexibility index (Phi) is 6.72. The number of ketones is 1. The lowest BCUT2D eigenvalue weighted by Gasteiger charge is -2.16. The zero-order chi connectivity index (χ0) is 21.8. The number of ether oxygens (including phenoxy) is 1. The molecule has 156 valence electrons. The summed E-state index contributed by atoms with van der Waals surface area (Å²) in [4.78, 5) is 42.4. The van der Waals surface area contributed by atoms with Gasteiger partial charge in [0.25, 0.3) is 5.56 Å². The van der Waals surface area contributed by atoms with Gasteiger partial charge < -0.3 is 4.74 Å². The van der Waals surface area contributed by atoms with E-state index in [1.807, 2.05) is 38.1 Å². The Labute approximate surface area is 179 Å². The Bertz CT molecular complexity index is 1170. The van der Waals surface area contributed by atoms with E-state index in [0.717, 1.165) is 11.1 Å². The molecular weight excluding hydrogens is 400 g/mol. The van der Waals surface area contributed by atoms with Crippen molar-refractivity contribution in [3.05, 3.63) is 69.5 Å². The number of para-hydroxylation sites is 1. The fourth-order valence-corrected chi connectivity index (χ4v) is 4.17. The lowest BCUT2D eigenvalue weighted by Crippen LogP contribution is -2.26. The summed E-state index contributed by atoms with van der Waals surface area (Å²) in [5.74, 6) is -0.436. The molecule has 0 radical (unpaired) electrons. The van der Waals surface area contributed by atoms with Crippen LogP contribution in [-0.2, 0) is 16.1 Å². The Morgan fingerprint density at radius 3 is 2.63 bits per heavy atom. The molecule has 0 amide bonds. The molecule has 0 bridgehead atoms. The molecule has 2 aromatic carbocycles. The molecule has 7 heteroatoms. The van der Waals surface area contributed by atoms with E-state index in [2.05, 4.69) is 4.98 Å². The number of hydrogen-bond donors (Lipinski definition) is 0. The minimum Gasteiger partial charge on any atom is -0.469 e. The molecule has 1 heterocycles. The lowest BCUT2D eigenvalue weighted by molar-refractivity contribution is -0.140. The van der Waals surface area contributed by atoms with Crippen LogP contribution < -0.4 is 5.56 Å². The van der Waals surface area contributed by atoms with Gasteiger partial charge in [-0.2, -0.15) is 0 Å². The van der Waals surface area contributed by atoms with E-state index in [1.54, 1.807) is 25.1 Å². The van der Waals surface area contributed by atoms with Gasteiger partial charge in [-0.3, -0.25) is 19.0 Å². The number of Topliss-reactive ketones (excluding diaryl/α,β-unsaturated/α-hetero) is 1. The first-order valence-corrected chi connectivity index (χ1v) is 10.5. The molecule has 3 rings (SSSR count). The molecule has 0 spiro atoms. The fourth-order valence-electron chi connectivity index (χ4n) is 3.17. The van der Waals surface area contributed by atoms with E-state index in [9.17, 15) is 14.4 Å². The van der Waals surface area contributed by atoms with Crippen molar-refractivity contribution < 1.29 is 14.3 Å². The van der Waals surface area contributed by atoms with Gasteiger partial charge in [0.2, 0.25) is 0 Å². The van der Waals surface area contributed by atoms with Gasteiger partial charge in [-0.25, -0.2) is 4.98 Å². The van der Waals surface area contributed by atoms with Crippen LogP contribution in [0.15, 0.2) is 52.4 Å². The summed E-state index contributed by atoms with van der Waals surface area (Å²) in [6.07, 6.45) is 0.0449. The molecule has 0 N–H and O–H groups in total. The molecule has 6 nitrogen and oxygen atoms in total. The van der Waals surface area contributed by atoms with Crippen LogP contribution in [0.4, 0.5) is 0 Å². The standard InChI is InChI=1S/C23H24N2O4S/c1-14-9-10-15(2)18(13-14)21(27)16(3)30-23-24-19-8-6-5-7-17(19)22(28)25(23)12-11-20(26)29-4/h5-10,13,16H,11-12H2,1-4H3. The van der Waals surface area contributed by atoms with Crippen LogP contribution in [0.3, 0.4) is 0 Å². The number of carbonyl (C=O) groups is 2. The van der Waals surface area contributed by atoms with E-state index in [4.69, 9.17) is 4.74 Å². The number of benzene rings is 2. The Hall–Kier alpha value is -2.93. The average Bonchev–Trinajstić information content (AvgIpc) is 2.74. The van der Waals surface area contributed by atoms with Crippen molar-refractivity contribution in [2.24, 2.45) is 0 Å². The van der Waals surface area contributed by atoms with Crippen LogP contribution in [0.5, 0.6) is 0 Å². The number of aromatic nitrogens is 2. The summed E-state index contributed by atoms with van der Waals surface area (Å²) in [6.45, 7) is 5.80. The summed E-state index contributed by atoms with van der Waals surface area (Å²) in [6, 6.07) is 12.8. The van der Waals surface area contributed by atoms with Crippen molar-refractivity contribution in [3.63, 3.8) is 0 Å². The van der Waals surface area contributed by atoms with E-state index in [-0.39, 0.29) is 24.3 Å². The maximum atomic E-state index is 13.1. The van der Waals surface area contributed by atoms with Crippen molar-refractivity contribution in [2.45, 2.75) is 44.1 Å². The van der Waals surface area contributed by atoms with Crippen LogP contribution in [0.25, 0.3) is 10.9 Å². The van der Waals surface area contributed by atoms with Gasteiger partial charge in [-0.1, -0.05) is 41.6 Å². The zero-order valence-corrected chi connectivity index (χ0v) is 18.3. The van der Waals surface area contributed by atoms with Crippen molar-refractivity contribution in [1.82, 2.24) is 9.55 Å². The topological polar surface area (TPSA) is 78.3 Å². The van der Waals surface area contributed by atoms with Gasteiger partial charge >= 0.3 is 5.97 Å². The number of hydrogen-bond acceptors (Lipinski definition) is 6. The highest BCUT2D eigenvalue weighted by atomic mass is 32.2. The van der Waals surface area contributed by atoms with Crippen LogP contribution in [0.2, 0.25) is 0 Å². The van der Waals surface area contributed by atoms with Gasteiger partial charge in [0.1, 0.15) is 0 Å². The lowest BCUT2D eigenvalue weighted by atomic mass is 10.0. The summed E-state index contributed by atoms with van der Waals surface area (Å²) in [5.41, 5.74) is 2.91. The molecule has 0 saturated heterocycles. The molecule has 0 fully saturated rings. The largest absolute Gasteiger partial charge is 0.469 e. The van der Waals surface area contributed by atoms with E-state index in [1.165, 1.54) is 23.4 Å². The predicted octanol–water partition coefficient (Wildman–Crippen LogP) is 3.94. The molecule has 1 unspecified atom stereocenters. The first-order chi connectivity index (χ1) is 14.3. The number of rotatable bonds is 7. The number of fused-ring (bicyclic) bond motifs is 1. The molecule has 0 aliphatic carbocycles. The van der Waals surface area contributed by atoms with Gasteiger partial charge in [-0.05, 0) is 44.5 Å². The molecule has 30 heavy (non-hydrogen) atoms. The molecule has 0 saturated carbocycles. The second kappa shape index (κ2) is 9.26. The quantitative estimate of drug-likeness (QED) is 0.247. The summed E-state index contributed by atoms with van der Waals surface area (Å²) in [7, 11) is 1.31. The van der Waals surface area contributed by atoms with Crippen LogP contribution in [-0.4, -0.2) is 33.7 Å². The van der Waals surface area contributed by atoms with Gasteiger partial charge in [0.15, 0.2) is 10.9 Å². The van der Waals surface area contributed by atoms with E-state index in [0.29, 0.717) is 21.6 Å². The smallest absolute Gasteiger partial charge is 0.307 e. The van der Waals surface area contributed by atoms with E-state index >= 15 is 0 Å². The fraction of sp³-hybridized carbons (Fsp3) is 0.304. The van der Waals surface area contributed by atoms with Crippen molar-refractivity contribution in [2.75, 3.05) is 7.11 Å². The number of carbonyl (C=O) groups excluding carboxylic acids is 2. The highest BCUT2D eigenvalue weighted by molar-refractivity contribution is 8.00. The average molecular weight is 425 g/mol. The Morgan fingerprint density at radius 2 is 1.90 bits per heavy atom. The number of methoxy groups -OCH3 is 1. The van der Waals surface area contributed by atoms with Gasteiger partial charge in [-0.15, -0.1) is 0 Å². The maximum absolute atomic E-state index is 13.1. The molecular formula is C23H24N2O4S. The molecule has 1 atom stereocenters. The van der Waals surface area contributed by atoms with Crippen LogP contribution in [0, 0.1) is 13.8 Å². The maximum Gasteiger partial charge on any atom is 0.307 e. The molecule has 0 aliphatic heterocycles. The van der Waals surface area contributed by atoms with Gasteiger partial charge in [0, 0.05) is 12.1 Å². The third-order valence-corrected chi connectivity index (χ3v) is 5.99. The first-order valence-electron chi connectivity index (χ1n) is 9.66. The number of thioether (sulfide) groups is 1. The second-order valence-electron chi connectivity index (χ2n) is 7.14. The van der Waals surface area contributed by atoms with Gasteiger partial charge in [0.05, 0.1) is 29.7 Å². The monoisotopic (exact) mass is 424 g/mol. The second-order valence-corrected chi connectivity index (χ2v) is 8.45. The highest BCUT2D eigenvalue weighted by Crippen LogP contribution is 2.26. The summed E-state index contributed by atoms with van der Waals surface area (Å²) in [5, 5.41) is 0.428. The van der Waals surface area contributed by atoms with Crippen molar-refractivity contribution in [1.29, 1.82) is 0 Å². The first kappa shape index (κ1) is 21.8. The predicted molar refractivity (Wildman–Crippen MR) is 118 cm³/mol. The van der Waals surface area contributed by atoms with Crippen molar-refractivity contribution in [3.8, 4) is 0 Å². The normalized spacial score (nSPS) is 12.0. The SMILES string of the molecule is COC(=O)CCn1c(SC(C)C(=O)c2cc(C)ccc2C)nc2ccccc2c1=O. The van der Waals surface area contributed by atoms with E-state index < -0.39 is 11.2 Å². The minimum absolute atomic E-state index is 0.0249. The minimum atomic E-state index is -0.456. The van der Waals surface area contributed by atoms with Crippen LogP contribution >= 0.6 is 11.8 Å². The van der Waals surface area contributed by atoms with Crippen molar-refractivity contribution >= 4 is 34.4 Å². The molecule has 0 aliphatic rings. The van der Waals surface area contributed by atoms with Crippen LogP contribution in [0.1, 0.15) is 34.8 Å². The Morgan fingerprint density at radius 1 is 1.17 bits per heavy atom. The summed E-state index contributed by atoms with van der Waals surface area (Å²) < 4.78 is 6.16. The molecule has 1 aromatic heterocycles. The Balaban J connectivity index is 1.99. The third-order valence-electron chi connectivity index (χ3n) is 4.90. The highest BCUT2D eigenvalue weighted by Gasteiger charge is 2.22. The number of aryl methyl sites for hydroxylation is 2. The zero-order valence-electron chi connectivity index (χ0n) is 17.5. The molecule has 3 aromatic rings.